The predicted octanol–water partition coefficient (Wildman–Crippen LogP) is 2.73. The highest BCUT2D eigenvalue weighted by molar-refractivity contribution is 5.33. The molecule has 0 unspecified atom stereocenters. The zero-order valence-electron chi connectivity index (χ0n) is 12.0. The standard InChI is InChI=1S/C16H26N2/c1-13-5-4-6-14(2)16(13)12-18(3)11-15-7-9-17-10-8-15/h4-6,15,17H,7-12H2,1-3H3. The molecule has 0 atom stereocenters. The smallest absolute Gasteiger partial charge is 0.0236 e. The lowest BCUT2D eigenvalue weighted by atomic mass is 9.97. The van der Waals surface area contributed by atoms with Gasteiger partial charge in [-0.1, -0.05) is 18.2 Å². The topological polar surface area (TPSA) is 15.3 Å². The van der Waals surface area contributed by atoms with E-state index in [4.69, 9.17) is 0 Å². The van der Waals surface area contributed by atoms with E-state index >= 15 is 0 Å². The lowest BCUT2D eigenvalue weighted by molar-refractivity contribution is 0.234. The van der Waals surface area contributed by atoms with E-state index in [9.17, 15) is 0 Å². The molecule has 2 nitrogen and oxygen atoms in total. The van der Waals surface area contributed by atoms with Gasteiger partial charge in [0.25, 0.3) is 0 Å². The summed E-state index contributed by atoms with van der Waals surface area (Å²) in [5.74, 6) is 0.876. The fraction of sp³-hybridized carbons (Fsp3) is 0.625. The van der Waals surface area contributed by atoms with Gasteiger partial charge in [-0.25, -0.2) is 0 Å². The van der Waals surface area contributed by atoms with Gasteiger partial charge in [-0.15, -0.1) is 0 Å². The largest absolute Gasteiger partial charge is 0.317 e. The Balaban J connectivity index is 1.92. The monoisotopic (exact) mass is 246 g/mol. The van der Waals surface area contributed by atoms with Crippen LogP contribution in [0.2, 0.25) is 0 Å². The molecule has 1 N–H and O–H groups in total. The third kappa shape index (κ3) is 3.56. The van der Waals surface area contributed by atoms with Gasteiger partial charge in [-0.2, -0.15) is 0 Å². The van der Waals surface area contributed by atoms with Crippen LogP contribution in [0.25, 0.3) is 0 Å². The normalized spacial score (nSPS) is 17.3. The molecule has 0 aliphatic carbocycles. The molecular formula is C16H26N2. The number of hydrogen-bond acceptors (Lipinski definition) is 2. The molecule has 0 bridgehead atoms. The first-order valence-electron chi connectivity index (χ1n) is 7.11. The summed E-state index contributed by atoms with van der Waals surface area (Å²) < 4.78 is 0. The minimum Gasteiger partial charge on any atom is -0.317 e. The van der Waals surface area contributed by atoms with Gasteiger partial charge in [0.2, 0.25) is 0 Å². The zero-order chi connectivity index (χ0) is 13.0. The first-order valence-corrected chi connectivity index (χ1v) is 7.11. The van der Waals surface area contributed by atoms with Gasteiger partial charge in [0, 0.05) is 13.1 Å². The van der Waals surface area contributed by atoms with Crippen molar-refractivity contribution in [2.45, 2.75) is 33.2 Å². The van der Waals surface area contributed by atoms with E-state index in [2.05, 4.69) is 49.3 Å². The molecule has 1 saturated heterocycles. The number of nitrogens with one attached hydrogen (secondary N) is 1. The van der Waals surface area contributed by atoms with Crippen molar-refractivity contribution in [2.75, 3.05) is 26.7 Å². The Morgan fingerprint density at radius 3 is 2.39 bits per heavy atom. The fourth-order valence-electron chi connectivity index (χ4n) is 2.94. The summed E-state index contributed by atoms with van der Waals surface area (Å²) in [7, 11) is 2.26. The van der Waals surface area contributed by atoms with E-state index in [-0.39, 0.29) is 0 Å². The Morgan fingerprint density at radius 2 is 1.78 bits per heavy atom. The molecule has 0 spiro atoms. The average Bonchev–Trinajstić information content (AvgIpc) is 2.35. The SMILES string of the molecule is Cc1cccc(C)c1CN(C)CC1CCNCC1. The molecule has 100 valence electrons. The summed E-state index contributed by atoms with van der Waals surface area (Å²) in [6.45, 7) is 9.16. The van der Waals surface area contributed by atoms with Crippen molar-refractivity contribution >= 4 is 0 Å². The Morgan fingerprint density at radius 1 is 1.17 bits per heavy atom. The summed E-state index contributed by atoms with van der Waals surface area (Å²) >= 11 is 0. The van der Waals surface area contributed by atoms with Gasteiger partial charge in [-0.3, -0.25) is 0 Å². The molecule has 1 fully saturated rings. The van der Waals surface area contributed by atoms with Crippen molar-refractivity contribution in [2.24, 2.45) is 5.92 Å². The maximum absolute atomic E-state index is 3.44. The van der Waals surface area contributed by atoms with Crippen LogP contribution in [0.5, 0.6) is 0 Å². The summed E-state index contributed by atoms with van der Waals surface area (Å²) in [4.78, 5) is 2.49. The molecule has 0 radical (unpaired) electrons. The number of aryl methyl sites for hydroxylation is 2. The quantitative estimate of drug-likeness (QED) is 0.879. The van der Waals surface area contributed by atoms with Crippen LogP contribution in [0.3, 0.4) is 0 Å². The van der Waals surface area contributed by atoms with E-state index in [1.54, 1.807) is 0 Å². The zero-order valence-corrected chi connectivity index (χ0v) is 12.0. The van der Waals surface area contributed by atoms with Crippen LogP contribution in [0, 0.1) is 19.8 Å². The second kappa shape index (κ2) is 6.35. The van der Waals surface area contributed by atoms with E-state index in [1.807, 2.05) is 0 Å². The number of piperidine rings is 1. The number of nitrogens with zero attached hydrogens (tertiary/aromatic N) is 1. The maximum atomic E-state index is 3.44. The summed E-state index contributed by atoms with van der Waals surface area (Å²) in [5.41, 5.74) is 4.35. The second-order valence-electron chi connectivity index (χ2n) is 5.76. The minimum atomic E-state index is 0.876. The molecule has 1 aliphatic heterocycles. The van der Waals surface area contributed by atoms with Crippen molar-refractivity contribution in [1.29, 1.82) is 0 Å². The third-order valence-corrected chi connectivity index (χ3v) is 4.10. The van der Waals surface area contributed by atoms with E-state index in [0.29, 0.717) is 0 Å². The molecule has 1 aliphatic rings. The maximum Gasteiger partial charge on any atom is 0.0236 e. The van der Waals surface area contributed by atoms with Gasteiger partial charge >= 0.3 is 0 Å². The van der Waals surface area contributed by atoms with Gasteiger partial charge < -0.3 is 10.2 Å². The number of rotatable bonds is 4. The molecule has 1 aromatic rings. The summed E-state index contributed by atoms with van der Waals surface area (Å²) in [6, 6.07) is 6.60. The van der Waals surface area contributed by atoms with Crippen LogP contribution < -0.4 is 5.32 Å². The Labute approximate surface area is 111 Å². The molecule has 18 heavy (non-hydrogen) atoms. The van der Waals surface area contributed by atoms with E-state index in [0.717, 1.165) is 12.5 Å². The Bertz CT molecular complexity index is 360. The molecule has 2 heteroatoms. The Hall–Kier alpha value is -0.860. The Kier molecular flexibility index (Phi) is 4.79. The second-order valence-corrected chi connectivity index (χ2v) is 5.76. The minimum absolute atomic E-state index is 0.876. The molecular weight excluding hydrogens is 220 g/mol. The van der Waals surface area contributed by atoms with E-state index < -0.39 is 0 Å². The van der Waals surface area contributed by atoms with Crippen LogP contribution in [0.15, 0.2) is 18.2 Å². The van der Waals surface area contributed by atoms with Gasteiger partial charge in [0.05, 0.1) is 0 Å². The van der Waals surface area contributed by atoms with Crippen LogP contribution in [0.4, 0.5) is 0 Å². The lowest BCUT2D eigenvalue weighted by Crippen LogP contribution is -2.34. The van der Waals surface area contributed by atoms with Crippen molar-refractivity contribution in [3.63, 3.8) is 0 Å². The first kappa shape index (κ1) is 13.6. The highest BCUT2D eigenvalue weighted by Crippen LogP contribution is 2.18. The van der Waals surface area contributed by atoms with Crippen molar-refractivity contribution in [1.82, 2.24) is 10.2 Å². The first-order chi connectivity index (χ1) is 8.66. The van der Waals surface area contributed by atoms with Crippen molar-refractivity contribution in [3.05, 3.63) is 34.9 Å². The van der Waals surface area contributed by atoms with Crippen molar-refractivity contribution < 1.29 is 0 Å². The predicted molar refractivity (Wildman–Crippen MR) is 77.8 cm³/mol. The third-order valence-electron chi connectivity index (χ3n) is 4.10. The summed E-state index contributed by atoms with van der Waals surface area (Å²) in [6.07, 6.45) is 2.66. The van der Waals surface area contributed by atoms with Crippen LogP contribution in [0.1, 0.15) is 29.5 Å². The number of benzene rings is 1. The number of hydrogen-bond donors (Lipinski definition) is 1. The lowest BCUT2D eigenvalue weighted by Gasteiger charge is -2.28. The molecule has 2 rings (SSSR count). The van der Waals surface area contributed by atoms with E-state index in [1.165, 1.54) is 49.2 Å². The molecule has 0 amide bonds. The molecule has 1 aromatic carbocycles. The van der Waals surface area contributed by atoms with Gasteiger partial charge in [-0.05, 0) is 69.4 Å². The highest BCUT2D eigenvalue weighted by Gasteiger charge is 2.15. The molecule has 0 aromatic heterocycles. The van der Waals surface area contributed by atoms with Crippen molar-refractivity contribution in [3.8, 4) is 0 Å². The summed E-state index contributed by atoms with van der Waals surface area (Å²) in [5, 5.41) is 3.44. The van der Waals surface area contributed by atoms with Gasteiger partial charge in [0.15, 0.2) is 0 Å². The van der Waals surface area contributed by atoms with Gasteiger partial charge in [0.1, 0.15) is 0 Å². The average molecular weight is 246 g/mol. The van der Waals surface area contributed by atoms with Crippen LogP contribution >= 0.6 is 0 Å². The fourth-order valence-corrected chi connectivity index (χ4v) is 2.94. The van der Waals surface area contributed by atoms with Crippen LogP contribution in [-0.4, -0.2) is 31.6 Å². The van der Waals surface area contributed by atoms with Crippen LogP contribution in [-0.2, 0) is 6.54 Å². The molecule has 0 saturated carbocycles. The molecule has 1 heterocycles. The highest BCUT2D eigenvalue weighted by atomic mass is 15.1.